The van der Waals surface area contributed by atoms with Crippen LogP contribution >= 0.6 is 11.6 Å². The summed E-state index contributed by atoms with van der Waals surface area (Å²) in [6.07, 6.45) is 0.659. The highest BCUT2D eigenvalue weighted by Gasteiger charge is 2.22. The Morgan fingerprint density at radius 2 is 1.81 bits per heavy atom. The van der Waals surface area contributed by atoms with E-state index in [1.54, 1.807) is 39.1 Å². The van der Waals surface area contributed by atoms with Crippen LogP contribution in [0.4, 0.5) is 10.5 Å². The molecule has 0 unspecified atom stereocenters. The summed E-state index contributed by atoms with van der Waals surface area (Å²) in [5.74, 6) is 0. The van der Waals surface area contributed by atoms with E-state index in [0.717, 1.165) is 5.56 Å². The van der Waals surface area contributed by atoms with Crippen LogP contribution < -0.4 is 10.6 Å². The number of hydrogen-bond donors (Lipinski definition) is 2. The van der Waals surface area contributed by atoms with Crippen molar-refractivity contribution in [1.29, 1.82) is 0 Å². The molecule has 2 rings (SSSR count). The van der Waals surface area contributed by atoms with Crippen molar-refractivity contribution in [1.82, 2.24) is 9.62 Å². The molecule has 2 N–H and O–H groups in total. The zero-order chi connectivity index (χ0) is 20.0. The molecule has 146 valence electrons. The van der Waals surface area contributed by atoms with Crippen molar-refractivity contribution in [2.24, 2.45) is 0 Å². The third-order valence-electron chi connectivity index (χ3n) is 4.10. The zero-order valence-corrected chi connectivity index (χ0v) is 17.1. The Labute approximate surface area is 165 Å². The number of sulfonamides is 1. The highest BCUT2D eigenvalue weighted by Crippen LogP contribution is 2.19. The molecule has 0 saturated heterocycles. The maximum atomic E-state index is 12.4. The van der Waals surface area contributed by atoms with Crippen molar-refractivity contribution >= 4 is 33.3 Å². The molecule has 0 saturated carbocycles. The van der Waals surface area contributed by atoms with Crippen molar-refractivity contribution in [3.63, 3.8) is 0 Å². The van der Waals surface area contributed by atoms with Crippen LogP contribution in [0, 0.1) is 0 Å². The molecule has 2 aromatic rings. The van der Waals surface area contributed by atoms with Crippen molar-refractivity contribution in [3.05, 3.63) is 59.1 Å². The van der Waals surface area contributed by atoms with Gasteiger partial charge in [-0.25, -0.2) is 13.2 Å². The van der Waals surface area contributed by atoms with Crippen LogP contribution in [0.5, 0.6) is 0 Å². The van der Waals surface area contributed by atoms with Gasteiger partial charge in [-0.3, -0.25) is 0 Å². The average molecular weight is 410 g/mol. The minimum atomic E-state index is -3.54. The van der Waals surface area contributed by atoms with Gasteiger partial charge in [-0.2, -0.15) is 4.31 Å². The Morgan fingerprint density at radius 1 is 1.15 bits per heavy atom. The van der Waals surface area contributed by atoms with Crippen LogP contribution in [0.25, 0.3) is 0 Å². The van der Waals surface area contributed by atoms with Crippen LogP contribution in [0.1, 0.15) is 19.4 Å². The number of halogens is 1. The topological polar surface area (TPSA) is 78.5 Å². The summed E-state index contributed by atoms with van der Waals surface area (Å²) in [5, 5.41) is 6.11. The molecular weight excluding hydrogens is 386 g/mol. The summed E-state index contributed by atoms with van der Waals surface area (Å²) < 4.78 is 26.2. The molecular formula is C19H24ClN3O3S. The lowest BCUT2D eigenvalue weighted by Gasteiger charge is -2.21. The number of hydrogen-bond acceptors (Lipinski definition) is 3. The summed E-state index contributed by atoms with van der Waals surface area (Å²) in [7, 11) is -2.00. The highest BCUT2D eigenvalue weighted by molar-refractivity contribution is 7.89. The van der Waals surface area contributed by atoms with Gasteiger partial charge in [0.2, 0.25) is 10.0 Å². The van der Waals surface area contributed by atoms with Crippen molar-refractivity contribution < 1.29 is 13.2 Å². The Morgan fingerprint density at radius 3 is 2.41 bits per heavy atom. The molecule has 2 aromatic carbocycles. The fourth-order valence-electron chi connectivity index (χ4n) is 2.34. The molecule has 27 heavy (non-hydrogen) atoms. The first kappa shape index (κ1) is 21.2. The van der Waals surface area contributed by atoms with E-state index < -0.39 is 10.0 Å². The van der Waals surface area contributed by atoms with E-state index in [0.29, 0.717) is 23.7 Å². The normalized spacial score (nSPS) is 11.6. The summed E-state index contributed by atoms with van der Waals surface area (Å²) in [6.45, 7) is 4.07. The van der Waals surface area contributed by atoms with E-state index in [-0.39, 0.29) is 17.0 Å². The molecule has 0 aliphatic rings. The number of nitrogens with zero attached hydrogens (tertiary/aromatic N) is 1. The van der Waals surface area contributed by atoms with Crippen LogP contribution in [0.3, 0.4) is 0 Å². The highest BCUT2D eigenvalue weighted by atomic mass is 35.5. The van der Waals surface area contributed by atoms with Gasteiger partial charge in [0.15, 0.2) is 0 Å². The maximum absolute atomic E-state index is 12.4. The molecule has 0 spiro atoms. The summed E-state index contributed by atoms with van der Waals surface area (Å²) in [6, 6.07) is 13.1. The van der Waals surface area contributed by atoms with Gasteiger partial charge < -0.3 is 10.6 Å². The molecule has 8 heteroatoms. The van der Waals surface area contributed by atoms with Gasteiger partial charge in [-0.1, -0.05) is 23.7 Å². The Bertz CT molecular complexity index is 883. The minimum absolute atomic E-state index is 0.141. The van der Waals surface area contributed by atoms with Gasteiger partial charge in [0.25, 0.3) is 0 Å². The number of carbonyl (C=O) groups excluding carboxylic acids is 1. The van der Waals surface area contributed by atoms with Crippen LogP contribution in [-0.2, 0) is 16.4 Å². The van der Waals surface area contributed by atoms with Crippen molar-refractivity contribution in [2.45, 2.75) is 31.2 Å². The van der Waals surface area contributed by atoms with E-state index >= 15 is 0 Å². The number of nitrogens with one attached hydrogen (secondary N) is 2. The number of amides is 2. The zero-order valence-electron chi connectivity index (χ0n) is 15.6. The average Bonchev–Trinajstić information content (AvgIpc) is 2.61. The summed E-state index contributed by atoms with van der Waals surface area (Å²) in [4.78, 5) is 12.2. The van der Waals surface area contributed by atoms with Gasteiger partial charge in [0.1, 0.15) is 0 Å². The predicted molar refractivity (Wildman–Crippen MR) is 109 cm³/mol. The number of urea groups is 1. The fourth-order valence-corrected chi connectivity index (χ4v) is 3.92. The second kappa shape index (κ2) is 9.21. The molecule has 2 amide bonds. The third-order valence-corrected chi connectivity index (χ3v) is 6.39. The molecule has 0 heterocycles. The first-order chi connectivity index (χ1) is 12.7. The van der Waals surface area contributed by atoms with Crippen LogP contribution in [0.15, 0.2) is 53.4 Å². The molecule has 0 aliphatic carbocycles. The monoisotopic (exact) mass is 409 g/mol. The van der Waals surface area contributed by atoms with E-state index in [9.17, 15) is 13.2 Å². The van der Waals surface area contributed by atoms with E-state index in [1.807, 2.05) is 18.2 Å². The van der Waals surface area contributed by atoms with Gasteiger partial charge in [-0.15, -0.1) is 0 Å². The van der Waals surface area contributed by atoms with E-state index in [1.165, 1.54) is 16.4 Å². The number of benzene rings is 2. The first-order valence-electron chi connectivity index (χ1n) is 8.57. The molecule has 0 aromatic heterocycles. The predicted octanol–water partition coefficient (Wildman–Crippen LogP) is 3.73. The largest absolute Gasteiger partial charge is 0.338 e. The molecule has 0 aliphatic heterocycles. The maximum Gasteiger partial charge on any atom is 0.319 e. The second-order valence-corrected chi connectivity index (χ2v) is 8.83. The second-order valence-electron chi connectivity index (χ2n) is 6.40. The SMILES string of the molecule is CC(C)N(C)S(=O)(=O)c1ccc(NC(=O)NCCc2cccc(Cl)c2)cc1. The summed E-state index contributed by atoms with van der Waals surface area (Å²) in [5.41, 5.74) is 1.55. The van der Waals surface area contributed by atoms with E-state index in [4.69, 9.17) is 11.6 Å². The first-order valence-corrected chi connectivity index (χ1v) is 10.4. The standard InChI is InChI=1S/C19H24ClN3O3S/c1-14(2)23(3)27(25,26)18-9-7-17(8-10-18)22-19(24)21-12-11-15-5-4-6-16(20)13-15/h4-10,13-14H,11-12H2,1-3H3,(H2,21,22,24). The number of rotatable bonds is 7. The fraction of sp³-hybridized carbons (Fsp3) is 0.316. The van der Waals surface area contributed by atoms with Crippen LogP contribution in [0.2, 0.25) is 5.02 Å². The van der Waals surface area contributed by atoms with Gasteiger partial charge in [0, 0.05) is 30.3 Å². The van der Waals surface area contributed by atoms with Crippen LogP contribution in [-0.4, -0.2) is 38.4 Å². The Kier molecular flexibility index (Phi) is 7.24. The molecule has 0 bridgehead atoms. The summed E-state index contributed by atoms with van der Waals surface area (Å²) >= 11 is 5.93. The Hall–Kier alpha value is -2.09. The number of carbonyl (C=O) groups is 1. The van der Waals surface area contributed by atoms with Crippen molar-refractivity contribution in [2.75, 3.05) is 18.9 Å². The van der Waals surface area contributed by atoms with Crippen molar-refractivity contribution in [3.8, 4) is 0 Å². The molecule has 6 nitrogen and oxygen atoms in total. The lowest BCUT2D eigenvalue weighted by molar-refractivity contribution is 0.252. The van der Waals surface area contributed by atoms with Gasteiger partial charge in [-0.05, 0) is 62.2 Å². The van der Waals surface area contributed by atoms with Gasteiger partial charge >= 0.3 is 6.03 Å². The quantitative estimate of drug-likeness (QED) is 0.731. The minimum Gasteiger partial charge on any atom is -0.338 e. The molecule has 0 atom stereocenters. The lowest BCUT2D eigenvalue weighted by Crippen LogP contribution is -2.33. The molecule has 0 fully saturated rings. The lowest BCUT2D eigenvalue weighted by atomic mass is 10.1. The third kappa shape index (κ3) is 5.95. The Balaban J connectivity index is 1.89. The van der Waals surface area contributed by atoms with E-state index in [2.05, 4.69) is 10.6 Å². The smallest absolute Gasteiger partial charge is 0.319 e. The van der Waals surface area contributed by atoms with Gasteiger partial charge in [0.05, 0.1) is 4.90 Å². The molecule has 0 radical (unpaired) electrons. The number of anilines is 1.